The molecule has 0 aliphatic carbocycles. The molecule has 1 saturated heterocycles. The zero-order valence-electron chi connectivity index (χ0n) is 16.2. The number of sulfonamides is 1. The number of aryl methyl sites for hydroxylation is 1. The molecule has 2 heterocycles. The fourth-order valence-electron chi connectivity index (χ4n) is 3.49. The van der Waals surface area contributed by atoms with Crippen LogP contribution in [0.4, 0.5) is 11.4 Å². The first-order valence-electron chi connectivity index (χ1n) is 9.38. The maximum absolute atomic E-state index is 12.7. The molecule has 1 aromatic heterocycles. The second kappa shape index (κ2) is 8.70. The van der Waals surface area contributed by atoms with Crippen molar-refractivity contribution < 1.29 is 13.2 Å². The third-order valence-corrected chi connectivity index (χ3v) is 6.57. The van der Waals surface area contributed by atoms with Crippen molar-refractivity contribution in [2.75, 3.05) is 29.9 Å². The van der Waals surface area contributed by atoms with E-state index in [9.17, 15) is 13.2 Å². The van der Waals surface area contributed by atoms with Crippen molar-refractivity contribution in [3.05, 3.63) is 48.3 Å². The average Bonchev–Trinajstić information content (AvgIpc) is 2.67. The molecule has 0 bridgehead atoms. The molecule has 2 aromatic rings. The molecule has 3 rings (SSSR count). The second-order valence-corrected chi connectivity index (χ2v) is 8.88. The van der Waals surface area contributed by atoms with E-state index in [0.717, 1.165) is 31.6 Å². The number of aromatic nitrogens is 1. The van der Waals surface area contributed by atoms with Crippen molar-refractivity contribution >= 4 is 27.3 Å². The Morgan fingerprint density at radius 2 is 1.86 bits per heavy atom. The monoisotopic (exact) mass is 402 g/mol. The molecule has 0 unspecified atom stereocenters. The van der Waals surface area contributed by atoms with Crippen LogP contribution >= 0.6 is 0 Å². The van der Waals surface area contributed by atoms with Gasteiger partial charge < -0.3 is 10.2 Å². The van der Waals surface area contributed by atoms with Gasteiger partial charge in [0.1, 0.15) is 0 Å². The fourth-order valence-corrected chi connectivity index (χ4v) is 4.83. The summed E-state index contributed by atoms with van der Waals surface area (Å²) in [6, 6.07) is 8.81. The van der Waals surface area contributed by atoms with Crippen LogP contribution in [0.3, 0.4) is 0 Å². The summed E-state index contributed by atoms with van der Waals surface area (Å²) < 4.78 is 28.2. The van der Waals surface area contributed by atoms with Crippen LogP contribution in [0.1, 0.15) is 25.3 Å². The lowest BCUT2D eigenvalue weighted by Crippen LogP contribution is -2.38. The van der Waals surface area contributed by atoms with Gasteiger partial charge in [0, 0.05) is 50.3 Å². The molecule has 1 aliphatic rings. The Morgan fingerprint density at radius 1 is 1.18 bits per heavy atom. The van der Waals surface area contributed by atoms with Gasteiger partial charge in [0.15, 0.2) is 0 Å². The first-order chi connectivity index (χ1) is 13.3. The summed E-state index contributed by atoms with van der Waals surface area (Å²) in [5, 5.41) is 2.66. The SMILES string of the molecule is CC(=O)Nc1ccc(S(=O)(=O)NCC2CCN(c3ccncc3)CC2)c(C)c1. The van der Waals surface area contributed by atoms with Crippen LogP contribution in [0, 0.1) is 12.8 Å². The van der Waals surface area contributed by atoms with E-state index < -0.39 is 10.0 Å². The lowest BCUT2D eigenvalue weighted by Gasteiger charge is -2.33. The minimum absolute atomic E-state index is 0.189. The van der Waals surface area contributed by atoms with Gasteiger partial charge in [-0.05, 0) is 61.6 Å². The molecule has 7 nitrogen and oxygen atoms in total. The number of nitrogens with zero attached hydrogens (tertiary/aromatic N) is 2. The zero-order chi connectivity index (χ0) is 20.1. The molecule has 1 aliphatic heterocycles. The zero-order valence-corrected chi connectivity index (χ0v) is 17.0. The first kappa shape index (κ1) is 20.3. The molecule has 0 radical (unpaired) electrons. The number of amides is 1. The van der Waals surface area contributed by atoms with Gasteiger partial charge in [0.2, 0.25) is 15.9 Å². The van der Waals surface area contributed by atoms with Crippen molar-refractivity contribution in [2.45, 2.75) is 31.6 Å². The molecule has 1 aromatic carbocycles. The van der Waals surface area contributed by atoms with Crippen LogP contribution in [0.5, 0.6) is 0 Å². The van der Waals surface area contributed by atoms with Crippen LogP contribution in [-0.4, -0.2) is 38.9 Å². The number of nitrogens with one attached hydrogen (secondary N) is 2. The van der Waals surface area contributed by atoms with Crippen molar-refractivity contribution in [3.63, 3.8) is 0 Å². The van der Waals surface area contributed by atoms with Crippen LogP contribution in [0.15, 0.2) is 47.6 Å². The molecule has 0 spiro atoms. The van der Waals surface area contributed by atoms with Gasteiger partial charge >= 0.3 is 0 Å². The van der Waals surface area contributed by atoms with E-state index >= 15 is 0 Å². The van der Waals surface area contributed by atoms with E-state index in [1.807, 2.05) is 12.1 Å². The van der Waals surface area contributed by atoms with Gasteiger partial charge in [-0.1, -0.05) is 0 Å². The highest BCUT2D eigenvalue weighted by Crippen LogP contribution is 2.24. The van der Waals surface area contributed by atoms with Crippen LogP contribution < -0.4 is 14.9 Å². The number of hydrogen-bond donors (Lipinski definition) is 2. The van der Waals surface area contributed by atoms with Crippen molar-refractivity contribution in [3.8, 4) is 0 Å². The van der Waals surface area contributed by atoms with Crippen molar-refractivity contribution in [1.29, 1.82) is 0 Å². The molecule has 1 fully saturated rings. The first-order valence-corrected chi connectivity index (χ1v) is 10.9. The number of carbonyl (C=O) groups is 1. The third kappa shape index (κ3) is 5.08. The van der Waals surface area contributed by atoms with Gasteiger partial charge in [-0.25, -0.2) is 13.1 Å². The van der Waals surface area contributed by atoms with Crippen molar-refractivity contribution in [2.24, 2.45) is 5.92 Å². The van der Waals surface area contributed by atoms with E-state index in [4.69, 9.17) is 0 Å². The Bertz CT molecular complexity index is 924. The predicted octanol–water partition coefficient (Wildman–Crippen LogP) is 2.54. The maximum Gasteiger partial charge on any atom is 0.240 e. The summed E-state index contributed by atoms with van der Waals surface area (Å²) in [6.45, 7) is 5.38. The molecule has 150 valence electrons. The van der Waals surface area contributed by atoms with E-state index in [0.29, 0.717) is 23.7 Å². The van der Waals surface area contributed by atoms with E-state index in [1.165, 1.54) is 13.0 Å². The minimum atomic E-state index is -3.59. The molecule has 1 amide bonds. The summed E-state index contributed by atoms with van der Waals surface area (Å²) in [5.41, 5.74) is 2.35. The normalized spacial score (nSPS) is 15.4. The predicted molar refractivity (Wildman–Crippen MR) is 110 cm³/mol. The van der Waals surface area contributed by atoms with E-state index in [2.05, 4.69) is 19.9 Å². The topological polar surface area (TPSA) is 91.4 Å². The van der Waals surface area contributed by atoms with Crippen molar-refractivity contribution in [1.82, 2.24) is 9.71 Å². The summed E-state index contributed by atoms with van der Waals surface area (Å²) in [4.78, 5) is 17.7. The van der Waals surface area contributed by atoms with Gasteiger partial charge in [0.05, 0.1) is 4.90 Å². The number of pyridine rings is 1. The molecule has 0 atom stereocenters. The average molecular weight is 403 g/mol. The van der Waals surface area contributed by atoms with Crippen LogP contribution in [0.25, 0.3) is 0 Å². The van der Waals surface area contributed by atoms with Crippen LogP contribution in [-0.2, 0) is 14.8 Å². The van der Waals surface area contributed by atoms with Gasteiger partial charge in [-0.15, -0.1) is 0 Å². The van der Waals surface area contributed by atoms with Gasteiger partial charge in [0.25, 0.3) is 0 Å². The lowest BCUT2D eigenvalue weighted by molar-refractivity contribution is -0.114. The molecular formula is C20H26N4O3S. The van der Waals surface area contributed by atoms with E-state index in [-0.39, 0.29) is 10.8 Å². The smallest absolute Gasteiger partial charge is 0.240 e. The molecule has 0 saturated carbocycles. The number of piperidine rings is 1. The largest absolute Gasteiger partial charge is 0.371 e. The number of carbonyl (C=O) groups excluding carboxylic acids is 1. The Hall–Kier alpha value is -2.45. The maximum atomic E-state index is 12.7. The summed E-state index contributed by atoms with van der Waals surface area (Å²) in [6.07, 6.45) is 5.45. The summed E-state index contributed by atoms with van der Waals surface area (Å²) >= 11 is 0. The Labute approximate surface area is 166 Å². The number of benzene rings is 1. The Kier molecular flexibility index (Phi) is 6.31. The van der Waals surface area contributed by atoms with Gasteiger partial charge in [-0.3, -0.25) is 9.78 Å². The highest BCUT2D eigenvalue weighted by Gasteiger charge is 2.23. The second-order valence-electron chi connectivity index (χ2n) is 7.15. The molecule has 2 N–H and O–H groups in total. The van der Waals surface area contributed by atoms with Gasteiger partial charge in [-0.2, -0.15) is 0 Å². The van der Waals surface area contributed by atoms with Crippen LogP contribution in [0.2, 0.25) is 0 Å². The Morgan fingerprint density at radius 3 is 2.46 bits per heavy atom. The molecule has 8 heteroatoms. The quantitative estimate of drug-likeness (QED) is 0.775. The third-order valence-electron chi connectivity index (χ3n) is 4.99. The number of anilines is 2. The Balaban J connectivity index is 1.56. The standard InChI is InChI=1S/C20H26N4O3S/c1-15-13-18(23-16(2)25)3-4-20(15)28(26,27)22-14-17-7-11-24(12-8-17)19-5-9-21-10-6-19/h3-6,9-10,13,17,22H,7-8,11-12,14H2,1-2H3,(H,23,25). The molecular weight excluding hydrogens is 376 g/mol. The number of hydrogen-bond acceptors (Lipinski definition) is 5. The summed E-state index contributed by atoms with van der Waals surface area (Å²) in [5.74, 6) is 0.123. The fraction of sp³-hybridized carbons (Fsp3) is 0.400. The van der Waals surface area contributed by atoms with E-state index in [1.54, 1.807) is 31.5 Å². The lowest BCUT2D eigenvalue weighted by atomic mass is 9.97. The summed E-state index contributed by atoms with van der Waals surface area (Å²) in [7, 11) is -3.59. The minimum Gasteiger partial charge on any atom is -0.371 e. The number of rotatable bonds is 6. The molecule has 28 heavy (non-hydrogen) atoms. The highest BCUT2D eigenvalue weighted by atomic mass is 32.2. The highest BCUT2D eigenvalue weighted by molar-refractivity contribution is 7.89.